The Bertz CT molecular complexity index is 550. The van der Waals surface area contributed by atoms with E-state index >= 15 is 0 Å². The summed E-state index contributed by atoms with van der Waals surface area (Å²) in [6.07, 6.45) is 0.828. The van der Waals surface area contributed by atoms with Crippen molar-refractivity contribution in [3.8, 4) is 0 Å². The third-order valence-electron chi connectivity index (χ3n) is 2.98. The fourth-order valence-electron chi connectivity index (χ4n) is 1.96. The fraction of sp³-hybridized carbons (Fsp3) is 0.455. The van der Waals surface area contributed by atoms with E-state index in [2.05, 4.69) is 31.9 Å². The van der Waals surface area contributed by atoms with E-state index in [4.69, 9.17) is 11.6 Å². The van der Waals surface area contributed by atoms with Gasteiger partial charge in [0.1, 0.15) is 0 Å². The highest BCUT2D eigenvalue weighted by Gasteiger charge is 2.33. The molecule has 100 valence electrons. The van der Waals surface area contributed by atoms with E-state index < -0.39 is 10.0 Å². The van der Waals surface area contributed by atoms with Gasteiger partial charge in [-0.25, -0.2) is 8.42 Å². The number of halogens is 3. The van der Waals surface area contributed by atoms with Crippen molar-refractivity contribution in [2.24, 2.45) is 5.92 Å². The summed E-state index contributed by atoms with van der Waals surface area (Å²) >= 11 is 12.4. The topological polar surface area (TPSA) is 37.4 Å². The molecular weight excluding hydrogens is 405 g/mol. The molecule has 18 heavy (non-hydrogen) atoms. The molecule has 0 amide bonds. The molecule has 1 aliphatic heterocycles. The van der Waals surface area contributed by atoms with Gasteiger partial charge in [-0.3, -0.25) is 0 Å². The maximum atomic E-state index is 12.5. The Morgan fingerprint density at radius 1 is 1.39 bits per heavy atom. The molecule has 0 aromatic heterocycles. The number of hydrogen-bond acceptors (Lipinski definition) is 2. The molecule has 2 rings (SSSR count). The molecule has 1 heterocycles. The standard InChI is InChI=1S/C11H12Br2ClNO2S/c12-9-1-2-10(13)11(5-9)18(16,17)15-4-3-8(6-14)7-15/h1-2,5,8H,3-4,6-7H2. The molecule has 0 radical (unpaired) electrons. The summed E-state index contributed by atoms with van der Waals surface area (Å²) in [5.74, 6) is 0.762. The molecule has 0 bridgehead atoms. The average Bonchev–Trinajstić information content (AvgIpc) is 2.81. The Morgan fingerprint density at radius 3 is 2.72 bits per heavy atom. The van der Waals surface area contributed by atoms with Crippen LogP contribution in [-0.2, 0) is 10.0 Å². The fourth-order valence-corrected chi connectivity index (χ4v) is 5.20. The number of benzene rings is 1. The summed E-state index contributed by atoms with van der Waals surface area (Å²) in [6, 6.07) is 5.15. The van der Waals surface area contributed by atoms with Gasteiger partial charge in [0.05, 0.1) is 4.90 Å². The van der Waals surface area contributed by atoms with Gasteiger partial charge in [0.25, 0.3) is 0 Å². The lowest BCUT2D eigenvalue weighted by atomic mass is 10.2. The summed E-state index contributed by atoms with van der Waals surface area (Å²) in [5.41, 5.74) is 0. The largest absolute Gasteiger partial charge is 0.244 e. The molecule has 1 saturated heterocycles. The van der Waals surface area contributed by atoms with Crippen LogP contribution in [0.2, 0.25) is 0 Å². The molecule has 0 saturated carbocycles. The van der Waals surface area contributed by atoms with Crippen LogP contribution in [0.15, 0.2) is 32.0 Å². The van der Waals surface area contributed by atoms with E-state index in [0.717, 1.165) is 10.9 Å². The smallest absolute Gasteiger partial charge is 0.207 e. The first kappa shape index (κ1) is 14.8. The molecule has 0 aliphatic carbocycles. The van der Waals surface area contributed by atoms with Crippen molar-refractivity contribution >= 4 is 53.5 Å². The number of alkyl halides is 1. The van der Waals surface area contributed by atoms with Gasteiger partial charge in [-0.2, -0.15) is 4.31 Å². The van der Waals surface area contributed by atoms with E-state index in [1.165, 1.54) is 4.31 Å². The molecule has 1 unspecified atom stereocenters. The first-order chi connectivity index (χ1) is 8.45. The SMILES string of the molecule is O=S(=O)(c1cc(Br)ccc1Br)N1CCC(CCl)C1. The van der Waals surface area contributed by atoms with Crippen LogP contribution in [0.3, 0.4) is 0 Å². The second kappa shape index (κ2) is 5.79. The predicted octanol–water partition coefficient (Wildman–Crippen LogP) is 3.46. The zero-order valence-corrected chi connectivity index (χ0v) is 14.2. The summed E-state index contributed by atoms with van der Waals surface area (Å²) < 4.78 is 27.8. The molecule has 0 spiro atoms. The highest BCUT2D eigenvalue weighted by Crippen LogP contribution is 2.31. The Labute approximate surface area is 129 Å². The molecule has 1 aromatic carbocycles. The maximum Gasteiger partial charge on any atom is 0.244 e. The summed E-state index contributed by atoms with van der Waals surface area (Å²) in [5, 5.41) is 0. The predicted molar refractivity (Wildman–Crippen MR) is 79.4 cm³/mol. The van der Waals surface area contributed by atoms with Crippen LogP contribution in [0.1, 0.15) is 6.42 Å². The summed E-state index contributed by atoms with van der Waals surface area (Å²) in [6.45, 7) is 1.05. The Hall–Kier alpha value is 0.380. The van der Waals surface area contributed by atoms with Crippen molar-refractivity contribution in [2.45, 2.75) is 11.3 Å². The minimum absolute atomic E-state index is 0.257. The zero-order chi connectivity index (χ0) is 13.3. The van der Waals surface area contributed by atoms with E-state index in [1.807, 2.05) is 0 Å². The zero-order valence-electron chi connectivity index (χ0n) is 9.44. The highest BCUT2D eigenvalue weighted by molar-refractivity contribution is 9.11. The lowest BCUT2D eigenvalue weighted by Crippen LogP contribution is -2.29. The van der Waals surface area contributed by atoms with Crippen molar-refractivity contribution < 1.29 is 8.42 Å². The van der Waals surface area contributed by atoms with Gasteiger partial charge in [0.2, 0.25) is 10.0 Å². The van der Waals surface area contributed by atoms with Crippen LogP contribution in [0.4, 0.5) is 0 Å². The normalized spacial score (nSPS) is 21.4. The molecule has 3 nitrogen and oxygen atoms in total. The Kier molecular flexibility index (Phi) is 4.75. The van der Waals surface area contributed by atoms with E-state index in [9.17, 15) is 8.42 Å². The van der Waals surface area contributed by atoms with Crippen molar-refractivity contribution in [1.82, 2.24) is 4.31 Å². The van der Waals surface area contributed by atoms with Crippen LogP contribution >= 0.6 is 43.5 Å². The monoisotopic (exact) mass is 415 g/mol. The van der Waals surface area contributed by atoms with E-state index in [0.29, 0.717) is 28.3 Å². The molecule has 0 N–H and O–H groups in total. The van der Waals surface area contributed by atoms with Gasteiger partial charge in [0, 0.05) is 27.9 Å². The van der Waals surface area contributed by atoms with Crippen molar-refractivity contribution in [3.63, 3.8) is 0 Å². The molecule has 1 aliphatic rings. The van der Waals surface area contributed by atoms with Crippen molar-refractivity contribution in [3.05, 3.63) is 27.1 Å². The Morgan fingerprint density at radius 2 is 2.11 bits per heavy atom. The lowest BCUT2D eigenvalue weighted by molar-refractivity contribution is 0.465. The maximum absolute atomic E-state index is 12.5. The first-order valence-corrected chi connectivity index (χ1v) is 9.02. The van der Waals surface area contributed by atoms with Crippen LogP contribution < -0.4 is 0 Å². The van der Waals surface area contributed by atoms with E-state index in [-0.39, 0.29) is 5.92 Å². The van der Waals surface area contributed by atoms with Crippen LogP contribution in [0.5, 0.6) is 0 Å². The molecule has 7 heteroatoms. The first-order valence-electron chi connectivity index (χ1n) is 5.46. The minimum Gasteiger partial charge on any atom is -0.207 e. The van der Waals surface area contributed by atoms with Crippen molar-refractivity contribution in [1.29, 1.82) is 0 Å². The van der Waals surface area contributed by atoms with Crippen LogP contribution in [0.25, 0.3) is 0 Å². The quantitative estimate of drug-likeness (QED) is 0.707. The third-order valence-corrected chi connectivity index (χ3v) is 6.77. The summed E-state index contributed by atoms with van der Waals surface area (Å²) in [4.78, 5) is 0.298. The number of sulfonamides is 1. The van der Waals surface area contributed by atoms with Crippen LogP contribution in [-0.4, -0.2) is 31.7 Å². The van der Waals surface area contributed by atoms with Gasteiger partial charge in [0.15, 0.2) is 0 Å². The molecule has 1 atom stereocenters. The van der Waals surface area contributed by atoms with Crippen molar-refractivity contribution in [2.75, 3.05) is 19.0 Å². The molecule has 1 aromatic rings. The molecular formula is C11H12Br2ClNO2S. The third kappa shape index (κ3) is 2.93. The minimum atomic E-state index is -3.44. The average molecular weight is 418 g/mol. The number of nitrogens with zero attached hydrogens (tertiary/aromatic N) is 1. The number of rotatable bonds is 3. The summed E-state index contributed by atoms with van der Waals surface area (Å²) in [7, 11) is -3.44. The van der Waals surface area contributed by atoms with E-state index in [1.54, 1.807) is 18.2 Å². The second-order valence-corrected chi connectivity index (χ2v) is 8.23. The van der Waals surface area contributed by atoms with Gasteiger partial charge >= 0.3 is 0 Å². The molecule has 1 fully saturated rings. The second-order valence-electron chi connectivity index (χ2n) is 4.25. The highest BCUT2D eigenvalue weighted by atomic mass is 79.9. The Balaban J connectivity index is 2.34. The number of hydrogen-bond donors (Lipinski definition) is 0. The van der Waals surface area contributed by atoms with Gasteiger partial charge in [-0.05, 0) is 46.5 Å². The van der Waals surface area contributed by atoms with Crippen LogP contribution in [0, 0.1) is 5.92 Å². The van der Waals surface area contributed by atoms with Gasteiger partial charge < -0.3 is 0 Å². The van der Waals surface area contributed by atoms with Gasteiger partial charge in [-0.1, -0.05) is 15.9 Å². The van der Waals surface area contributed by atoms with Gasteiger partial charge in [-0.15, -0.1) is 11.6 Å². The lowest BCUT2D eigenvalue weighted by Gasteiger charge is -2.17.